The highest BCUT2D eigenvalue weighted by atomic mass is 32.2. The molecule has 2 aromatic rings. The van der Waals surface area contributed by atoms with Crippen molar-refractivity contribution in [2.24, 2.45) is 0 Å². The number of ether oxygens (including phenoxy) is 2. The van der Waals surface area contributed by atoms with Crippen LogP contribution in [0, 0.1) is 0 Å². The normalized spacial score (nSPS) is 10.1. The van der Waals surface area contributed by atoms with Crippen molar-refractivity contribution in [2.75, 3.05) is 41.7 Å². The van der Waals surface area contributed by atoms with Gasteiger partial charge in [0.2, 0.25) is 0 Å². The molecule has 0 aromatic heterocycles. The summed E-state index contributed by atoms with van der Waals surface area (Å²) in [6, 6.07) is 12.4. The number of allylic oxidation sites excluding steroid dienone is 1. The van der Waals surface area contributed by atoms with Crippen LogP contribution in [0.3, 0.4) is 0 Å². The van der Waals surface area contributed by atoms with Crippen LogP contribution in [0.4, 0.5) is 27.5 Å². The summed E-state index contributed by atoms with van der Waals surface area (Å²) < 4.78 is 10.0. The quantitative estimate of drug-likeness (QED) is 0.190. The molecule has 0 radical (unpaired) electrons. The molecule has 0 aliphatic carbocycles. The minimum absolute atomic E-state index is 0.0667. The molecule has 0 aliphatic heterocycles. The van der Waals surface area contributed by atoms with Gasteiger partial charge in [0, 0.05) is 24.5 Å². The number of nitrogens with one attached hydrogen (secondary N) is 2. The molecule has 10 heteroatoms. The molecule has 0 heterocycles. The van der Waals surface area contributed by atoms with Gasteiger partial charge in [-0.15, -0.1) is 0 Å². The van der Waals surface area contributed by atoms with Gasteiger partial charge in [-0.1, -0.05) is 12.1 Å². The van der Waals surface area contributed by atoms with Crippen LogP contribution >= 0.6 is 11.8 Å². The van der Waals surface area contributed by atoms with Crippen LogP contribution in [-0.4, -0.2) is 43.5 Å². The predicted octanol–water partition coefficient (Wildman–Crippen LogP) is 4.70. The molecule has 6 N–H and O–H groups in total. The van der Waals surface area contributed by atoms with Gasteiger partial charge >= 0.3 is 12.1 Å². The van der Waals surface area contributed by atoms with E-state index in [0.717, 1.165) is 17.8 Å². The van der Waals surface area contributed by atoms with Crippen LogP contribution in [0.15, 0.2) is 54.6 Å². The van der Waals surface area contributed by atoms with Crippen molar-refractivity contribution < 1.29 is 23.9 Å². The number of thioether (sulfide) groups is 1. The Labute approximate surface area is 211 Å². The van der Waals surface area contributed by atoms with E-state index in [9.17, 15) is 14.4 Å². The van der Waals surface area contributed by atoms with E-state index in [1.54, 1.807) is 37.0 Å². The van der Waals surface area contributed by atoms with Crippen molar-refractivity contribution in [1.29, 1.82) is 0 Å². The third-order valence-electron chi connectivity index (χ3n) is 3.56. The lowest BCUT2D eigenvalue weighted by atomic mass is 10.2. The number of nitrogen functional groups attached to an aromatic ring is 2. The second kappa shape index (κ2) is 16.9. The minimum Gasteiger partial charge on any atom is -0.458 e. The number of esters is 1. The highest BCUT2D eigenvalue weighted by Gasteiger charge is 2.16. The van der Waals surface area contributed by atoms with Crippen molar-refractivity contribution >= 4 is 52.9 Å². The molecule has 1 amide bonds. The molecular weight excluding hydrogens is 468 g/mol. The first-order valence-electron chi connectivity index (χ1n) is 10.6. The third-order valence-corrected chi connectivity index (χ3v) is 3.56. The van der Waals surface area contributed by atoms with Gasteiger partial charge in [-0.2, -0.15) is 11.8 Å². The molecule has 192 valence electrons. The Morgan fingerprint density at radius 3 is 2.06 bits per heavy atom. The van der Waals surface area contributed by atoms with E-state index in [1.807, 2.05) is 57.5 Å². The van der Waals surface area contributed by atoms with Crippen molar-refractivity contribution in [2.45, 2.75) is 33.0 Å². The predicted molar refractivity (Wildman–Crippen MR) is 146 cm³/mol. The molecule has 0 bridgehead atoms. The average molecular weight is 505 g/mol. The molecule has 0 saturated heterocycles. The van der Waals surface area contributed by atoms with E-state index in [0.29, 0.717) is 28.9 Å². The lowest BCUT2D eigenvalue weighted by molar-refractivity contribution is -0.139. The fourth-order valence-electron chi connectivity index (χ4n) is 2.37. The van der Waals surface area contributed by atoms with Gasteiger partial charge in [0.05, 0.1) is 11.4 Å². The zero-order chi connectivity index (χ0) is 26.9. The van der Waals surface area contributed by atoms with Crippen molar-refractivity contribution in [3.63, 3.8) is 0 Å². The Morgan fingerprint density at radius 2 is 1.57 bits per heavy atom. The number of nitrogens with two attached hydrogens (primary N) is 2. The number of aldehydes is 1. The fourth-order valence-corrected chi connectivity index (χ4v) is 2.37. The molecule has 9 nitrogen and oxygen atoms in total. The second-order valence-corrected chi connectivity index (χ2v) is 8.76. The van der Waals surface area contributed by atoms with E-state index in [1.165, 1.54) is 0 Å². The fraction of sp³-hybridized carbons (Fsp3) is 0.320. The largest absolute Gasteiger partial charge is 0.458 e. The molecule has 2 rings (SSSR count). The van der Waals surface area contributed by atoms with Gasteiger partial charge in [-0.3, -0.25) is 10.1 Å². The summed E-state index contributed by atoms with van der Waals surface area (Å²) in [7, 11) is 1.80. The number of rotatable bonds is 6. The van der Waals surface area contributed by atoms with Crippen molar-refractivity contribution in [1.82, 2.24) is 0 Å². The maximum atomic E-state index is 11.5. The number of carbonyl (C=O) groups excluding carboxylic acids is 3. The van der Waals surface area contributed by atoms with Crippen LogP contribution in [-0.2, 0) is 25.7 Å². The van der Waals surface area contributed by atoms with E-state index in [-0.39, 0.29) is 6.61 Å². The summed E-state index contributed by atoms with van der Waals surface area (Å²) in [5, 5.41) is 5.69. The zero-order valence-electron chi connectivity index (χ0n) is 21.1. The highest BCUT2D eigenvalue weighted by Crippen LogP contribution is 2.21. The molecule has 0 saturated carbocycles. The molecule has 35 heavy (non-hydrogen) atoms. The monoisotopic (exact) mass is 504 g/mol. The number of carbonyl (C=O) groups is 3. The Hall–Kier alpha value is -3.66. The first-order chi connectivity index (χ1) is 16.4. The first kappa shape index (κ1) is 31.3. The van der Waals surface area contributed by atoms with Crippen LogP contribution < -0.4 is 22.1 Å². The van der Waals surface area contributed by atoms with Crippen LogP contribution in [0.5, 0.6) is 0 Å². The topological polar surface area (TPSA) is 146 Å². The van der Waals surface area contributed by atoms with E-state index >= 15 is 0 Å². The lowest BCUT2D eigenvalue weighted by Gasteiger charge is -2.20. The van der Waals surface area contributed by atoms with Gasteiger partial charge < -0.3 is 26.3 Å². The van der Waals surface area contributed by atoms with E-state index in [2.05, 4.69) is 10.6 Å². The Morgan fingerprint density at radius 1 is 1.03 bits per heavy atom. The average Bonchev–Trinajstić information content (AvgIpc) is 2.75. The Kier molecular flexibility index (Phi) is 15.1. The molecule has 0 unspecified atom stereocenters. The van der Waals surface area contributed by atoms with Crippen LogP contribution in [0.1, 0.15) is 26.3 Å². The van der Waals surface area contributed by atoms with Crippen molar-refractivity contribution in [3.8, 4) is 0 Å². The summed E-state index contributed by atoms with van der Waals surface area (Å²) in [5.41, 5.74) is 13.9. The maximum Gasteiger partial charge on any atom is 0.412 e. The molecule has 0 spiro atoms. The molecule has 0 atom stereocenters. The Bertz CT molecular complexity index is 954. The minimum atomic E-state index is -0.590. The molecule has 0 fully saturated rings. The summed E-state index contributed by atoms with van der Waals surface area (Å²) in [5.74, 6) is -0.590. The number of para-hydroxylation sites is 2. The molecule has 0 aliphatic rings. The first-order valence-corrected chi connectivity index (χ1v) is 12.2. The van der Waals surface area contributed by atoms with Crippen LogP contribution in [0.2, 0.25) is 0 Å². The maximum absolute atomic E-state index is 11.5. The van der Waals surface area contributed by atoms with E-state index in [4.69, 9.17) is 20.9 Å². The van der Waals surface area contributed by atoms with Gasteiger partial charge in [0.25, 0.3) is 0 Å². The Balaban J connectivity index is 0.000000594. The second-order valence-electron chi connectivity index (χ2n) is 7.94. The SMILES string of the molecule is CNc1ccccc1NC(=O)OC(C)(C)C.CSC.Nc1cc(N)cc(COC(=O)/C=C/C=O)c1. The summed E-state index contributed by atoms with van der Waals surface area (Å²) in [6.07, 6.45) is 6.24. The number of benzene rings is 2. The van der Waals surface area contributed by atoms with Crippen molar-refractivity contribution in [3.05, 3.63) is 60.2 Å². The molecule has 2 aromatic carbocycles. The van der Waals surface area contributed by atoms with Gasteiger partial charge in [-0.25, -0.2) is 9.59 Å². The summed E-state index contributed by atoms with van der Waals surface area (Å²) >= 11 is 1.75. The summed E-state index contributed by atoms with van der Waals surface area (Å²) in [6.45, 7) is 5.56. The van der Waals surface area contributed by atoms with Gasteiger partial charge in [0.15, 0.2) is 0 Å². The number of amides is 1. The van der Waals surface area contributed by atoms with Crippen LogP contribution in [0.25, 0.3) is 0 Å². The third kappa shape index (κ3) is 15.7. The smallest absolute Gasteiger partial charge is 0.412 e. The number of anilines is 4. The zero-order valence-corrected chi connectivity index (χ0v) is 21.9. The van der Waals surface area contributed by atoms with E-state index < -0.39 is 17.7 Å². The highest BCUT2D eigenvalue weighted by molar-refractivity contribution is 7.97. The number of hydrogen-bond donors (Lipinski definition) is 4. The van der Waals surface area contributed by atoms with Gasteiger partial charge in [0.1, 0.15) is 18.5 Å². The lowest BCUT2D eigenvalue weighted by Crippen LogP contribution is -2.27. The standard InChI is InChI=1S/C12H18N2O2.C11H12N2O3.C2H6S/c1-12(2,3)16-11(15)14-10-8-6-5-7-9(10)13-4;12-9-4-8(5-10(13)6-9)7-16-11(15)2-1-3-14;1-3-2/h5-8,13H,1-4H3,(H,14,15);1-6H,7,12-13H2;1-2H3/b;2-1+;. The number of hydrogen-bond acceptors (Lipinski definition) is 9. The van der Waals surface area contributed by atoms with Gasteiger partial charge in [-0.05, 0) is 75.3 Å². The summed E-state index contributed by atoms with van der Waals surface area (Å²) in [4.78, 5) is 32.5. The molecular formula is C25H36N4O5S.